The molecule has 0 amide bonds. The van der Waals surface area contributed by atoms with Gasteiger partial charge in [-0.25, -0.2) is 9.97 Å². The van der Waals surface area contributed by atoms with Crippen molar-refractivity contribution in [1.82, 2.24) is 20.1 Å². The summed E-state index contributed by atoms with van der Waals surface area (Å²) in [6, 6.07) is 9.21. The Kier molecular flexibility index (Phi) is 5.34. The van der Waals surface area contributed by atoms with E-state index in [1.807, 2.05) is 24.3 Å². The van der Waals surface area contributed by atoms with Gasteiger partial charge in [0.25, 0.3) is 5.89 Å². The Morgan fingerprint density at radius 1 is 1.28 bits per heavy atom. The van der Waals surface area contributed by atoms with Crippen molar-refractivity contribution in [2.75, 3.05) is 18.5 Å². The van der Waals surface area contributed by atoms with Gasteiger partial charge < -0.3 is 14.2 Å². The highest BCUT2D eigenvalue weighted by Crippen LogP contribution is 2.20. The average Bonchev–Trinajstić information content (AvgIpc) is 3.10. The maximum atomic E-state index is 11.9. The van der Waals surface area contributed by atoms with Crippen molar-refractivity contribution in [2.24, 2.45) is 0 Å². The fourth-order valence-electron chi connectivity index (χ4n) is 2.00. The molecule has 0 saturated carbocycles. The highest BCUT2D eigenvalue weighted by molar-refractivity contribution is 9.10. The topological polar surface area (TPSA) is 94.2 Å². The van der Waals surface area contributed by atoms with E-state index in [9.17, 15) is 4.79 Å². The van der Waals surface area contributed by atoms with Gasteiger partial charge in [-0.15, -0.1) is 0 Å². The standard InChI is InChI=1S/C16H14BrN5O3/c1-22(16-18-6-3-7-19-16)9-14(23)24-10-13-20-15(21-25-13)11-4-2-5-12(17)8-11/h2-8H,9-10H2,1H3. The van der Waals surface area contributed by atoms with Crippen LogP contribution in [0.3, 0.4) is 0 Å². The predicted octanol–water partition coefficient (Wildman–Crippen LogP) is 2.47. The van der Waals surface area contributed by atoms with Crippen LogP contribution in [0, 0.1) is 0 Å². The Bertz CT molecular complexity index is 856. The van der Waals surface area contributed by atoms with E-state index in [1.165, 1.54) is 0 Å². The van der Waals surface area contributed by atoms with Gasteiger partial charge in [0.2, 0.25) is 11.8 Å². The van der Waals surface area contributed by atoms with Crippen molar-refractivity contribution >= 4 is 27.8 Å². The van der Waals surface area contributed by atoms with Crippen molar-refractivity contribution < 1.29 is 14.1 Å². The molecule has 8 nitrogen and oxygen atoms in total. The maximum absolute atomic E-state index is 11.9. The lowest BCUT2D eigenvalue weighted by molar-refractivity contribution is -0.144. The van der Waals surface area contributed by atoms with E-state index in [4.69, 9.17) is 9.26 Å². The zero-order valence-electron chi connectivity index (χ0n) is 13.3. The minimum Gasteiger partial charge on any atom is -0.454 e. The van der Waals surface area contributed by atoms with E-state index < -0.39 is 5.97 Å². The molecule has 3 rings (SSSR count). The normalized spacial score (nSPS) is 10.5. The fourth-order valence-corrected chi connectivity index (χ4v) is 2.40. The predicted molar refractivity (Wildman–Crippen MR) is 92.5 cm³/mol. The maximum Gasteiger partial charge on any atom is 0.326 e. The third-order valence-corrected chi connectivity index (χ3v) is 3.66. The number of nitrogens with zero attached hydrogens (tertiary/aromatic N) is 5. The number of carbonyl (C=O) groups excluding carboxylic acids is 1. The van der Waals surface area contributed by atoms with Crippen LogP contribution in [0.4, 0.5) is 5.95 Å². The molecular weight excluding hydrogens is 390 g/mol. The molecule has 0 unspecified atom stereocenters. The molecule has 9 heteroatoms. The van der Waals surface area contributed by atoms with Gasteiger partial charge in [-0.1, -0.05) is 33.2 Å². The largest absolute Gasteiger partial charge is 0.454 e. The lowest BCUT2D eigenvalue weighted by Crippen LogP contribution is -2.28. The van der Waals surface area contributed by atoms with Gasteiger partial charge in [0.15, 0.2) is 6.61 Å². The summed E-state index contributed by atoms with van der Waals surface area (Å²) in [5.74, 6) is 0.649. The minimum atomic E-state index is -0.447. The number of hydrogen-bond donors (Lipinski definition) is 0. The fraction of sp³-hybridized carbons (Fsp3) is 0.188. The van der Waals surface area contributed by atoms with Crippen molar-refractivity contribution in [3.8, 4) is 11.4 Å². The highest BCUT2D eigenvalue weighted by Gasteiger charge is 2.14. The molecule has 0 fully saturated rings. The number of carbonyl (C=O) groups is 1. The van der Waals surface area contributed by atoms with E-state index in [2.05, 4.69) is 36.0 Å². The zero-order valence-corrected chi connectivity index (χ0v) is 14.9. The van der Waals surface area contributed by atoms with Crippen LogP contribution < -0.4 is 4.90 Å². The van der Waals surface area contributed by atoms with Gasteiger partial charge in [-0.05, 0) is 18.2 Å². The summed E-state index contributed by atoms with van der Waals surface area (Å²) in [5, 5.41) is 3.89. The number of halogens is 1. The molecule has 2 aromatic heterocycles. The van der Waals surface area contributed by atoms with Crippen LogP contribution in [-0.2, 0) is 16.1 Å². The Morgan fingerprint density at radius 3 is 2.84 bits per heavy atom. The number of aromatic nitrogens is 4. The number of rotatable bonds is 6. The quantitative estimate of drug-likeness (QED) is 0.579. The van der Waals surface area contributed by atoms with Gasteiger partial charge in [-0.3, -0.25) is 4.79 Å². The Labute approximate surface area is 152 Å². The number of anilines is 1. The SMILES string of the molecule is CN(CC(=O)OCc1nc(-c2cccc(Br)c2)no1)c1ncccn1. The van der Waals surface area contributed by atoms with Gasteiger partial charge >= 0.3 is 5.97 Å². The van der Waals surface area contributed by atoms with Crippen molar-refractivity contribution in [3.05, 3.63) is 53.1 Å². The van der Waals surface area contributed by atoms with Crippen LogP contribution in [-0.4, -0.2) is 39.7 Å². The third-order valence-electron chi connectivity index (χ3n) is 3.17. The van der Waals surface area contributed by atoms with Crippen LogP contribution in [0.2, 0.25) is 0 Å². The lowest BCUT2D eigenvalue weighted by atomic mass is 10.2. The first-order chi connectivity index (χ1) is 12.1. The molecule has 0 aliphatic carbocycles. The summed E-state index contributed by atoms with van der Waals surface area (Å²) in [4.78, 5) is 25.8. The summed E-state index contributed by atoms with van der Waals surface area (Å²) < 4.78 is 11.2. The Hall–Kier alpha value is -2.81. The second-order valence-electron chi connectivity index (χ2n) is 5.09. The van der Waals surface area contributed by atoms with E-state index >= 15 is 0 Å². The monoisotopic (exact) mass is 403 g/mol. The molecule has 2 heterocycles. The molecule has 0 radical (unpaired) electrons. The van der Waals surface area contributed by atoms with Crippen LogP contribution in [0.25, 0.3) is 11.4 Å². The molecule has 0 aliphatic heterocycles. The number of benzene rings is 1. The van der Waals surface area contributed by atoms with Crippen molar-refractivity contribution in [2.45, 2.75) is 6.61 Å². The van der Waals surface area contributed by atoms with Gasteiger partial charge in [0.05, 0.1) is 0 Å². The first kappa shape index (κ1) is 17.0. The van der Waals surface area contributed by atoms with Crippen LogP contribution in [0.5, 0.6) is 0 Å². The number of likely N-dealkylation sites (N-methyl/N-ethyl adjacent to an activating group) is 1. The molecule has 1 aromatic carbocycles. The number of ether oxygens (including phenoxy) is 1. The summed E-state index contributed by atoms with van der Waals surface area (Å²) >= 11 is 3.39. The molecule has 0 saturated heterocycles. The van der Waals surface area contributed by atoms with Gasteiger partial charge in [-0.2, -0.15) is 4.98 Å². The van der Waals surface area contributed by atoms with Crippen LogP contribution >= 0.6 is 15.9 Å². The van der Waals surface area contributed by atoms with Gasteiger partial charge in [0.1, 0.15) is 6.54 Å². The molecule has 0 spiro atoms. The smallest absolute Gasteiger partial charge is 0.326 e. The van der Waals surface area contributed by atoms with E-state index in [1.54, 1.807) is 30.4 Å². The molecule has 3 aromatic rings. The van der Waals surface area contributed by atoms with Crippen LogP contribution in [0.1, 0.15) is 5.89 Å². The average molecular weight is 404 g/mol. The summed E-state index contributed by atoms with van der Waals surface area (Å²) in [7, 11) is 1.70. The molecule has 25 heavy (non-hydrogen) atoms. The molecular formula is C16H14BrN5O3. The van der Waals surface area contributed by atoms with Crippen LogP contribution in [0.15, 0.2) is 51.7 Å². The first-order valence-electron chi connectivity index (χ1n) is 7.34. The molecule has 128 valence electrons. The van der Waals surface area contributed by atoms with Crippen molar-refractivity contribution in [3.63, 3.8) is 0 Å². The summed E-state index contributed by atoms with van der Waals surface area (Å²) in [6.45, 7) is -0.0834. The first-order valence-corrected chi connectivity index (χ1v) is 8.13. The third kappa shape index (κ3) is 4.60. The Balaban J connectivity index is 1.54. The van der Waals surface area contributed by atoms with Gasteiger partial charge in [0, 0.05) is 29.5 Å². The van der Waals surface area contributed by atoms with E-state index in [0.29, 0.717) is 11.8 Å². The molecule has 0 bridgehead atoms. The lowest BCUT2D eigenvalue weighted by Gasteiger charge is -2.14. The Morgan fingerprint density at radius 2 is 2.08 bits per heavy atom. The molecule has 0 N–H and O–H groups in total. The summed E-state index contributed by atoms with van der Waals surface area (Å²) in [5.41, 5.74) is 0.802. The second-order valence-corrected chi connectivity index (χ2v) is 6.00. The number of hydrogen-bond acceptors (Lipinski definition) is 8. The molecule has 0 atom stereocenters. The second kappa shape index (κ2) is 7.84. The highest BCUT2D eigenvalue weighted by atomic mass is 79.9. The van der Waals surface area contributed by atoms with E-state index in [-0.39, 0.29) is 19.0 Å². The molecule has 0 aliphatic rings. The summed E-state index contributed by atoms with van der Waals surface area (Å²) in [6.07, 6.45) is 3.21. The van der Waals surface area contributed by atoms with Crippen molar-refractivity contribution in [1.29, 1.82) is 0 Å². The van der Waals surface area contributed by atoms with E-state index in [0.717, 1.165) is 10.0 Å². The minimum absolute atomic E-state index is 0.0106. The zero-order chi connectivity index (χ0) is 17.6. The number of esters is 1.